The van der Waals surface area contributed by atoms with Crippen LogP contribution in [0.1, 0.15) is 24.3 Å². The summed E-state index contributed by atoms with van der Waals surface area (Å²) in [4.78, 5) is 6.55. The van der Waals surface area contributed by atoms with Crippen LogP contribution in [-0.2, 0) is 0 Å². The molecule has 3 nitrogen and oxygen atoms in total. The molecule has 2 bridgehead atoms. The average Bonchev–Trinajstić information content (AvgIpc) is 2.87. The Morgan fingerprint density at radius 3 is 2.74 bits per heavy atom. The summed E-state index contributed by atoms with van der Waals surface area (Å²) in [6, 6.07) is 2.99. The van der Waals surface area contributed by atoms with Gasteiger partial charge in [0.05, 0.1) is 11.1 Å². The van der Waals surface area contributed by atoms with Crippen molar-refractivity contribution in [1.82, 2.24) is 15.1 Å². The summed E-state index contributed by atoms with van der Waals surface area (Å²) in [5, 5.41) is 6.76. The third kappa shape index (κ3) is 2.83. The van der Waals surface area contributed by atoms with E-state index in [4.69, 9.17) is 11.6 Å². The molecule has 0 amide bonds. The van der Waals surface area contributed by atoms with Crippen molar-refractivity contribution in [2.24, 2.45) is 0 Å². The number of halogens is 1. The van der Waals surface area contributed by atoms with Gasteiger partial charge in [-0.2, -0.15) is 0 Å². The van der Waals surface area contributed by atoms with Crippen LogP contribution in [0.15, 0.2) is 11.4 Å². The summed E-state index contributed by atoms with van der Waals surface area (Å²) in [5.41, 5.74) is 0. The van der Waals surface area contributed by atoms with E-state index in [1.807, 2.05) is 6.07 Å². The average molecular weight is 300 g/mol. The molecule has 0 radical (unpaired) electrons. The van der Waals surface area contributed by atoms with Crippen molar-refractivity contribution >= 4 is 22.9 Å². The zero-order valence-corrected chi connectivity index (χ0v) is 13.0. The van der Waals surface area contributed by atoms with Crippen LogP contribution in [0.25, 0.3) is 0 Å². The second kappa shape index (κ2) is 6.10. The lowest BCUT2D eigenvalue weighted by Gasteiger charge is -2.50. The van der Waals surface area contributed by atoms with Crippen LogP contribution in [0, 0.1) is 0 Å². The predicted molar refractivity (Wildman–Crippen MR) is 82.2 cm³/mol. The molecule has 0 aliphatic carbocycles. The minimum atomic E-state index is 0.385. The smallest absolute Gasteiger partial charge is 0.0600 e. The SMILES string of the molecule is CCCNC(c1sccc1Cl)C1CN2CCN1CC2. The maximum Gasteiger partial charge on any atom is 0.0600 e. The van der Waals surface area contributed by atoms with Gasteiger partial charge in [0.25, 0.3) is 0 Å². The lowest BCUT2D eigenvalue weighted by molar-refractivity contribution is -0.00309. The zero-order chi connectivity index (χ0) is 13.2. The Bertz CT molecular complexity index is 415. The molecule has 2 atom stereocenters. The Hall–Kier alpha value is -0.130. The van der Waals surface area contributed by atoms with Gasteiger partial charge < -0.3 is 5.32 Å². The summed E-state index contributed by atoms with van der Waals surface area (Å²) in [7, 11) is 0. The fraction of sp³-hybridized carbons (Fsp3) is 0.714. The molecule has 4 heterocycles. The van der Waals surface area contributed by atoms with Gasteiger partial charge in [-0.1, -0.05) is 18.5 Å². The fourth-order valence-electron chi connectivity index (χ4n) is 3.20. The van der Waals surface area contributed by atoms with Gasteiger partial charge in [-0.3, -0.25) is 9.80 Å². The standard InChI is InChI=1S/C14H22ClN3S/c1-2-4-16-13(14-11(15)3-9-19-14)12-10-17-5-7-18(12)8-6-17/h3,9,12-13,16H,2,4-8,10H2,1H3. The molecule has 0 aromatic carbocycles. The van der Waals surface area contributed by atoms with Gasteiger partial charge in [-0.25, -0.2) is 0 Å². The van der Waals surface area contributed by atoms with Gasteiger partial charge in [0.1, 0.15) is 0 Å². The Kier molecular flexibility index (Phi) is 4.44. The first-order chi connectivity index (χ1) is 9.29. The Labute approximate surface area is 124 Å². The molecule has 4 rings (SSSR count). The fourth-order valence-corrected chi connectivity index (χ4v) is 4.51. The second-order valence-electron chi connectivity index (χ2n) is 5.47. The third-order valence-corrected chi connectivity index (χ3v) is 5.69. The van der Waals surface area contributed by atoms with E-state index in [0.29, 0.717) is 12.1 Å². The molecule has 19 heavy (non-hydrogen) atoms. The highest BCUT2D eigenvalue weighted by Gasteiger charge is 2.38. The van der Waals surface area contributed by atoms with E-state index < -0.39 is 0 Å². The largest absolute Gasteiger partial charge is 0.308 e. The number of piperazine rings is 3. The van der Waals surface area contributed by atoms with Crippen molar-refractivity contribution in [1.29, 1.82) is 0 Å². The minimum Gasteiger partial charge on any atom is -0.308 e. The number of nitrogens with one attached hydrogen (secondary N) is 1. The summed E-state index contributed by atoms with van der Waals surface area (Å²) in [6.45, 7) is 9.33. The zero-order valence-electron chi connectivity index (χ0n) is 11.4. The van der Waals surface area contributed by atoms with Crippen molar-refractivity contribution in [3.63, 3.8) is 0 Å². The van der Waals surface area contributed by atoms with Crippen molar-refractivity contribution in [2.75, 3.05) is 39.3 Å². The first-order valence-corrected chi connectivity index (χ1v) is 8.48. The van der Waals surface area contributed by atoms with E-state index in [-0.39, 0.29) is 0 Å². The van der Waals surface area contributed by atoms with E-state index in [2.05, 4.69) is 27.4 Å². The summed E-state index contributed by atoms with van der Waals surface area (Å²) in [6.07, 6.45) is 1.16. The molecule has 0 saturated carbocycles. The molecule has 106 valence electrons. The topological polar surface area (TPSA) is 18.5 Å². The van der Waals surface area contributed by atoms with Crippen LogP contribution < -0.4 is 5.32 Å². The summed E-state index contributed by atoms with van der Waals surface area (Å²) >= 11 is 8.16. The van der Waals surface area contributed by atoms with Crippen molar-refractivity contribution in [3.8, 4) is 0 Å². The molecule has 3 saturated heterocycles. The van der Waals surface area contributed by atoms with Gasteiger partial charge in [0.15, 0.2) is 0 Å². The Morgan fingerprint density at radius 2 is 2.21 bits per heavy atom. The molecule has 0 spiro atoms. The first kappa shape index (κ1) is 13.8. The van der Waals surface area contributed by atoms with Gasteiger partial charge in [-0.05, 0) is 24.4 Å². The summed E-state index contributed by atoms with van der Waals surface area (Å²) < 4.78 is 0. The van der Waals surface area contributed by atoms with Crippen molar-refractivity contribution in [3.05, 3.63) is 21.3 Å². The number of thiophene rings is 1. The van der Waals surface area contributed by atoms with E-state index in [1.165, 1.54) is 37.6 Å². The molecular formula is C14H22ClN3S. The van der Waals surface area contributed by atoms with Crippen LogP contribution in [0.3, 0.4) is 0 Å². The normalized spacial score (nSPS) is 31.6. The molecular weight excluding hydrogens is 278 g/mol. The third-order valence-electron chi connectivity index (χ3n) is 4.25. The molecule has 3 aliphatic heterocycles. The molecule has 1 aromatic heterocycles. The molecule has 1 N–H and O–H groups in total. The summed E-state index contributed by atoms with van der Waals surface area (Å²) in [5.74, 6) is 0. The molecule has 2 unspecified atom stereocenters. The monoisotopic (exact) mass is 299 g/mol. The highest BCUT2D eigenvalue weighted by atomic mass is 35.5. The number of rotatable bonds is 5. The quantitative estimate of drug-likeness (QED) is 0.901. The highest BCUT2D eigenvalue weighted by molar-refractivity contribution is 7.10. The Morgan fingerprint density at radius 1 is 1.42 bits per heavy atom. The van der Waals surface area contributed by atoms with Crippen LogP contribution in [0.4, 0.5) is 0 Å². The Balaban J connectivity index is 1.81. The predicted octanol–water partition coefficient (Wildman–Crippen LogP) is 2.44. The van der Waals surface area contributed by atoms with E-state index in [1.54, 1.807) is 11.3 Å². The van der Waals surface area contributed by atoms with Crippen molar-refractivity contribution in [2.45, 2.75) is 25.4 Å². The number of hydrogen-bond donors (Lipinski definition) is 1. The van der Waals surface area contributed by atoms with E-state index >= 15 is 0 Å². The second-order valence-corrected chi connectivity index (χ2v) is 6.82. The molecule has 3 fully saturated rings. The van der Waals surface area contributed by atoms with Crippen LogP contribution in [0.2, 0.25) is 5.02 Å². The van der Waals surface area contributed by atoms with Gasteiger partial charge >= 0.3 is 0 Å². The first-order valence-electron chi connectivity index (χ1n) is 7.22. The number of hydrogen-bond acceptors (Lipinski definition) is 4. The van der Waals surface area contributed by atoms with E-state index in [0.717, 1.165) is 18.0 Å². The molecule has 1 aromatic rings. The van der Waals surface area contributed by atoms with Gasteiger partial charge in [0, 0.05) is 43.6 Å². The van der Waals surface area contributed by atoms with E-state index in [9.17, 15) is 0 Å². The maximum absolute atomic E-state index is 6.37. The lowest BCUT2D eigenvalue weighted by Crippen LogP contribution is -2.63. The van der Waals surface area contributed by atoms with Crippen molar-refractivity contribution < 1.29 is 0 Å². The maximum atomic E-state index is 6.37. The number of nitrogens with zero attached hydrogens (tertiary/aromatic N) is 2. The lowest BCUT2D eigenvalue weighted by atomic mass is 9.98. The van der Waals surface area contributed by atoms with Crippen LogP contribution in [0.5, 0.6) is 0 Å². The highest BCUT2D eigenvalue weighted by Crippen LogP contribution is 2.34. The minimum absolute atomic E-state index is 0.385. The van der Waals surface area contributed by atoms with Gasteiger partial charge in [-0.15, -0.1) is 11.3 Å². The molecule has 3 aliphatic rings. The van der Waals surface area contributed by atoms with Crippen LogP contribution >= 0.6 is 22.9 Å². The molecule has 5 heteroatoms. The van der Waals surface area contributed by atoms with Gasteiger partial charge in [0.2, 0.25) is 0 Å². The number of fused-ring (bicyclic) bond motifs is 3. The van der Waals surface area contributed by atoms with Crippen LogP contribution in [-0.4, -0.2) is 55.1 Å².